The lowest BCUT2D eigenvalue weighted by Gasteiger charge is -2.05. The van der Waals surface area contributed by atoms with Crippen LogP contribution in [0.2, 0.25) is 0 Å². The molecule has 0 bridgehead atoms. The second-order valence-electron chi connectivity index (χ2n) is 6.00. The van der Waals surface area contributed by atoms with Gasteiger partial charge in [0.15, 0.2) is 0 Å². The maximum absolute atomic E-state index is 2.19. The Morgan fingerprint density at radius 2 is 0.258 bits per heavy atom. The zero-order valence-electron chi connectivity index (χ0n) is 25.6. The summed E-state index contributed by atoms with van der Waals surface area (Å²) in [5, 5.41) is 0. The zero-order chi connectivity index (χ0) is 25.0. The zero-order valence-corrected chi connectivity index (χ0v) is 25.6. The lowest BCUT2D eigenvalue weighted by Crippen LogP contribution is -1.93. The van der Waals surface area contributed by atoms with Crippen molar-refractivity contribution in [2.45, 2.75) is 196 Å². The minimum atomic E-state index is 0. The van der Waals surface area contributed by atoms with Crippen LogP contribution < -0.4 is 0 Å². The molecule has 0 aliphatic heterocycles. The Morgan fingerprint density at radius 3 is 0.258 bits per heavy atom. The predicted octanol–water partition coefficient (Wildman–Crippen LogP) is 14.7. The molecule has 0 atom stereocenters. The first-order valence-electron chi connectivity index (χ1n) is 12.0. The van der Waals surface area contributed by atoms with Crippen molar-refractivity contribution >= 4 is 8.41 Å². The van der Waals surface area contributed by atoms with Crippen molar-refractivity contribution in [3.8, 4) is 0 Å². The van der Waals surface area contributed by atoms with Crippen LogP contribution >= 0.6 is 0 Å². The SMILES string of the molecule is C.C.C.C.CC.CC.CC.CC.CC.CC.CC.CC.CC(C)(C)C.CC(C)(C)C.[2HH].[B]. The molecule has 0 fully saturated rings. The van der Waals surface area contributed by atoms with Crippen LogP contribution in [0.5, 0.6) is 0 Å². The molecule has 213 valence electrons. The normalized spacial score (nSPS) is 5.42. The summed E-state index contributed by atoms with van der Waals surface area (Å²) in [6.45, 7) is 49.5. The summed E-state index contributed by atoms with van der Waals surface area (Å²) in [5.74, 6) is 0. The molecule has 0 aromatic carbocycles. The molecule has 0 aromatic rings. The van der Waals surface area contributed by atoms with Crippen molar-refractivity contribution in [3.63, 3.8) is 0 Å². The maximum Gasteiger partial charge on any atom is 0 e. The monoisotopic (exact) mass is 463 g/mol. The van der Waals surface area contributed by atoms with Gasteiger partial charge in [-0.1, -0.05) is 196 Å². The first-order valence-corrected chi connectivity index (χ1v) is 12.0. The van der Waals surface area contributed by atoms with Crippen LogP contribution in [0.15, 0.2) is 0 Å². The van der Waals surface area contributed by atoms with Gasteiger partial charge in [-0.15, -0.1) is 0 Å². The smallest absolute Gasteiger partial charge is 0 e. The quantitative estimate of drug-likeness (QED) is 0.314. The van der Waals surface area contributed by atoms with Crippen LogP contribution in [-0.4, -0.2) is 8.41 Å². The molecule has 0 heterocycles. The summed E-state index contributed by atoms with van der Waals surface area (Å²) in [4.78, 5) is 0. The molecule has 0 nitrogen and oxygen atoms in total. The summed E-state index contributed by atoms with van der Waals surface area (Å²) in [6.07, 6.45) is 0. The van der Waals surface area contributed by atoms with Gasteiger partial charge in [0, 0.05) is 9.84 Å². The molecule has 0 amide bonds. The topological polar surface area (TPSA) is 0 Å². The van der Waals surface area contributed by atoms with E-state index < -0.39 is 0 Å². The first-order chi connectivity index (χ1) is 12.0. The summed E-state index contributed by atoms with van der Waals surface area (Å²) in [6, 6.07) is 0. The first kappa shape index (κ1) is 109. The Balaban J connectivity index is -0.00000000643. The van der Waals surface area contributed by atoms with Crippen molar-refractivity contribution in [3.05, 3.63) is 0 Å². The number of hydrogen-bond donors (Lipinski definition) is 0. The lowest BCUT2D eigenvalue weighted by atomic mass is 10.0. The third kappa shape index (κ3) is 5620000. The van der Waals surface area contributed by atoms with Crippen LogP contribution in [0.25, 0.3) is 0 Å². The van der Waals surface area contributed by atoms with Crippen LogP contribution in [0, 0.1) is 10.8 Å². The van der Waals surface area contributed by atoms with Crippen molar-refractivity contribution < 1.29 is 1.43 Å². The molecule has 0 aliphatic rings. The van der Waals surface area contributed by atoms with Crippen molar-refractivity contribution in [2.24, 2.45) is 10.8 Å². The van der Waals surface area contributed by atoms with Crippen molar-refractivity contribution in [1.29, 1.82) is 0 Å². The molecule has 0 spiro atoms. The van der Waals surface area contributed by atoms with Crippen LogP contribution in [0.3, 0.4) is 0 Å². The van der Waals surface area contributed by atoms with E-state index in [0.29, 0.717) is 10.8 Å². The van der Waals surface area contributed by atoms with Gasteiger partial charge in [-0.25, -0.2) is 0 Å². The van der Waals surface area contributed by atoms with Crippen LogP contribution in [0.1, 0.15) is 197 Å². The van der Waals surface area contributed by atoms with Gasteiger partial charge in [0.05, 0.1) is 0 Å². The van der Waals surface area contributed by atoms with Gasteiger partial charge in [-0.05, 0) is 10.8 Å². The number of rotatable bonds is 0. The highest BCUT2D eigenvalue weighted by Crippen LogP contribution is 2.08. The Kier molecular flexibility index (Phi) is 612. The fourth-order valence-electron chi connectivity index (χ4n) is 0. The van der Waals surface area contributed by atoms with E-state index in [2.05, 4.69) is 55.4 Å². The molecule has 0 rings (SSSR count). The lowest BCUT2D eigenvalue weighted by molar-refractivity contribution is 0.469. The van der Waals surface area contributed by atoms with Gasteiger partial charge in [0.25, 0.3) is 0 Å². The highest BCUT2D eigenvalue weighted by atomic mass is 14.0. The molecule has 0 saturated heterocycles. The average Bonchev–Trinajstić information content (AvgIpc) is 2.65. The Morgan fingerprint density at radius 1 is 0.258 bits per heavy atom. The fraction of sp³-hybridized carbons (Fsp3) is 1.00. The second-order valence-corrected chi connectivity index (χ2v) is 6.00. The van der Waals surface area contributed by atoms with E-state index in [1.165, 1.54) is 0 Å². The molecule has 0 N–H and O–H groups in total. The second kappa shape index (κ2) is 174. The van der Waals surface area contributed by atoms with Crippen molar-refractivity contribution in [2.75, 3.05) is 0 Å². The van der Waals surface area contributed by atoms with Crippen molar-refractivity contribution in [1.82, 2.24) is 0 Å². The highest BCUT2D eigenvalue weighted by Gasteiger charge is 1.96. The maximum atomic E-state index is 2.19. The molecule has 0 unspecified atom stereocenters. The van der Waals surface area contributed by atoms with Crippen LogP contribution in [0.4, 0.5) is 0 Å². The van der Waals surface area contributed by atoms with E-state index in [1.54, 1.807) is 0 Å². The molecule has 0 saturated carbocycles. The molecular weight excluding hydrogens is 371 g/mol. The van der Waals surface area contributed by atoms with E-state index in [4.69, 9.17) is 0 Å². The third-order valence-corrected chi connectivity index (χ3v) is 0. The molecule has 1 heteroatoms. The van der Waals surface area contributed by atoms with Crippen LogP contribution in [-0.2, 0) is 0 Å². The standard InChI is InChI=1S/2C5H12.8C2H6.4CH4.B.H2/c2*1-5(2,3)4;8*1-2;;;;;;/h2*1-4H3;8*1-2H3;4*1H4;;1H/i;;;;;;;;;;;;;;;1+1. The highest BCUT2D eigenvalue weighted by molar-refractivity contribution is 5.75. The van der Waals surface area contributed by atoms with E-state index in [1.807, 2.05) is 111 Å². The van der Waals surface area contributed by atoms with Gasteiger partial charge in [0.2, 0.25) is 0 Å². The summed E-state index contributed by atoms with van der Waals surface area (Å²) in [7, 11) is 0. The molecule has 0 aliphatic carbocycles. The van der Waals surface area contributed by atoms with Gasteiger partial charge >= 0.3 is 0 Å². The summed E-state index contributed by atoms with van der Waals surface area (Å²) < 4.78 is 0. The molecular formula is C30H90B. The minimum absolute atomic E-state index is 0. The Bertz CT molecular complexity index is 55.8. The van der Waals surface area contributed by atoms with Gasteiger partial charge in [-0.3, -0.25) is 0 Å². The summed E-state index contributed by atoms with van der Waals surface area (Å²) in [5.41, 5.74) is 1.00. The average molecular weight is 463 g/mol. The Hall–Kier alpha value is 0.0649. The van der Waals surface area contributed by atoms with E-state index in [9.17, 15) is 0 Å². The third-order valence-electron chi connectivity index (χ3n) is 0. The molecule has 0 aromatic heterocycles. The Labute approximate surface area is 216 Å². The largest absolute Gasteiger partial charge is 0.0776 e. The summed E-state index contributed by atoms with van der Waals surface area (Å²) >= 11 is 0. The number of hydrogen-bond acceptors (Lipinski definition) is 0. The minimum Gasteiger partial charge on any atom is -0.0776 e. The van der Waals surface area contributed by atoms with Gasteiger partial charge < -0.3 is 0 Å². The van der Waals surface area contributed by atoms with Gasteiger partial charge in [-0.2, -0.15) is 0 Å². The fourth-order valence-corrected chi connectivity index (χ4v) is 0. The molecule has 31 heavy (non-hydrogen) atoms. The van der Waals surface area contributed by atoms with E-state index in [0.717, 1.165) is 0 Å². The molecule has 3 radical (unpaired) electrons. The predicted molar refractivity (Wildman–Crippen MR) is 176 cm³/mol. The van der Waals surface area contributed by atoms with E-state index >= 15 is 0 Å². The van der Waals surface area contributed by atoms with Gasteiger partial charge in [0.1, 0.15) is 0 Å². The van der Waals surface area contributed by atoms with E-state index in [-0.39, 0.29) is 39.5 Å².